The third-order valence-corrected chi connectivity index (χ3v) is 3.39. The number of allylic oxidation sites excluding steroid dienone is 1. The van der Waals surface area contributed by atoms with E-state index in [0.29, 0.717) is 5.92 Å². The zero-order valence-electron chi connectivity index (χ0n) is 11.1. The highest BCUT2D eigenvalue weighted by Crippen LogP contribution is 2.17. The van der Waals surface area contributed by atoms with Crippen LogP contribution < -0.4 is 0 Å². The van der Waals surface area contributed by atoms with Crippen LogP contribution in [0.5, 0.6) is 0 Å². The first kappa shape index (κ1) is 13.2. The van der Waals surface area contributed by atoms with Gasteiger partial charge >= 0.3 is 0 Å². The SMILES string of the molecule is C/C(=C/OCCC1CCCOC1)c1ccccc1. The van der Waals surface area contributed by atoms with Crippen molar-refractivity contribution in [1.29, 1.82) is 0 Å². The summed E-state index contributed by atoms with van der Waals surface area (Å²) in [6, 6.07) is 10.3. The molecule has 0 aromatic heterocycles. The summed E-state index contributed by atoms with van der Waals surface area (Å²) in [7, 11) is 0. The molecule has 18 heavy (non-hydrogen) atoms. The third kappa shape index (κ3) is 4.19. The minimum Gasteiger partial charge on any atom is -0.501 e. The molecule has 2 nitrogen and oxygen atoms in total. The van der Waals surface area contributed by atoms with Crippen molar-refractivity contribution in [3.8, 4) is 0 Å². The van der Waals surface area contributed by atoms with Gasteiger partial charge in [0.1, 0.15) is 0 Å². The predicted molar refractivity (Wildman–Crippen MR) is 74.2 cm³/mol. The lowest BCUT2D eigenvalue weighted by atomic mass is 9.99. The van der Waals surface area contributed by atoms with Gasteiger partial charge < -0.3 is 9.47 Å². The van der Waals surface area contributed by atoms with Crippen molar-refractivity contribution in [2.75, 3.05) is 19.8 Å². The lowest BCUT2D eigenvalue weighted by molar-refractivity contribution is 0.0435. The van der Waals surface area contributed by atoms with Crippen LogP contribution in [0, 0.1) is 5.92 Å². The maximum absolute atomic E-state index is 5.63. The lowest BCUT2D eigenvalue weighted by Gasteiger charge is -2.21. The molecule has 1 fully saturated rings. The summed E-state index contributed by atoms with van der Waals surface area (Å²) in [5, 5.41) is 0. The van der Waals surface area contributed by atoms with E-state index in [1.165, 1.54) is 24.0 Å². The third-order valence-electron chi connectivity index (χ3n) is 3.39. The van der Waals surface area contributed by atoms with E-state index >= 15 is 0 Å². The van der Waals surface area contributed by atoms with Gasteiger partial charge in [-0.2, -0.15) is 0 Å². The Kier molecular flexibility index (Phi) is 5.28. The van der Waals surface area contributed by atoms with Crippen LogP contribution in [0.25, 0.3) is 5.57 Å². The van der Waals surface area contributed by atoms with Gasteiger partial charge in [-0.1, -0.05) is 30.3 Å². The van der Waals surface area contributed by atoms with Crippen LogP contribution in [0.2, 0.25) is 0 Å². The molecule has 0 amide bonds. The second-order valence-electron chi connectivity index (χ2n) is 4.91. The van der Waals surface area contributed by atoms with E-state index in [2.05, 4.69) is 19.1 Å². The van der Waals surface area contributed by atoms with Crippen molar-refractivity contribution >= 4 is 5.57 Å². The van der Waals surface area contributed by atoms with Crippen LogP contribution in [0.3, 0.4) is 0 Å². The quantitative estimate of drug-likeness (QED) is 0.580. The molecule has 1 aromatic rings. The Labute approximate surface area is 110 Å². The van der Waals surface area contributed by atoms with E-state index < -0.39 is 0 Å². The van der Waals surface area contributed by atoms with Gasteiger partial charge in [-0.05, 0) is 43.2 Å². The maximum Gasteiger partial charge on any atom is 0.0877 e. The summed E-state index contributed by atoms with van der Waals surface area (Å²) in [6.45, 7) is 4.71. The zero-order chi connectivity index (χ0) is 12.6. The smallest absolute Gasteiger partial charge is 0.0877 e. The Morgan fingerprint density at radius 1 is 1.39 bits per heavy atom. The van der Waals surface area contributed by atoms with Crippen LogP contribution in [0.4, 0.5) is 0 Å². The number of benzene rings is 1. The van der Waals surface area contributed by atoms with Crippen LogP contribution in [-0.2, 0) is 9.47 Å². The van der Waals surface area contributed by atoms with Gasteiger partial charge in [0, 0.05) is 13.2 Å². The molecular formula is C16H22O2. The summed E-state index contributed by atoms with van der Waals surface area (Å²) in [5.74, 6) is 0.684. The lowest BCUT2D eigenvalue weighted by Crippen LogP contribution is -2.18. The molecular weight excluding hydrogens is 224 g/mol. The Hall–Kier alpha value is -1.28. The predicted octanol–water partition coefficient (Wildman–Crippen LogP) is 3.88. The van der Waals surface area contributed by atoms with Crippen molar-refractivity contribution in [2.45, 2.75) is 26.2 Å². The van der Waals surface area contributed by atoms with E-state index in [1.54, 1.807) is 0 Å². The molecule has 0 spiro atoms. The largest absolute Gasteiger partial charge is 0.501 e. The van der Waals surface area contributed by atoms with Crippen molar-refractivity contribution in [2.24, 2.45) is 5.92 Å². The van der Waals surface area contributed by atoms with E-state index in [4.69, 9.17) is 9.47 Å². The topological polar surface area (TPSA) is 18.5 Å². The van der Waals surface area contributed by atoms with E-state index in [1.807, 2.05) is 24.5 Å². The van der Waals surface area contributed by atoms with E-state index in [0.717, 1.165) is 26.2 Å². The second-order valence-corrected chi connectivity index (χ2v) is 4.91. The van der Waals surface area contributed by atoms with Crippen molar-refractivity contribution in [3.05, 3.63) is 42.2 Å². The normalized spacial score (nSPS) is 20.7. The first-order valence-electron chi connectivity index (χ1n) is 6.78. The number of rotatable bonds is 5. The summed E-state index contributed by atoms with van der Waals surface area (Å²) >= 11 is 0. The van der Waals surface area contributed by atoms with Gasteiger partial charge in [-0.3, -0.25) is 0 Å². The van der Waals surface area contributed by atoms with Gasteiger partial charge in [0.15, 0.2) is 0 Å². The average molecular weight is 246 g/mol. The number of hydrogen-bond acceptors (Lipinski definition) is 2. The molecule has 0 aliphatic carbocycles. The highest BCUT2D eigenvalue weighted by molar-refractivity contribution is 5.62. The zero-order valence-corrected chi connectivity index (χ0v) is 11.1. The fourth-order valence-corrected chi connectivity index (χ4v) is 2.22. The molecule has 1 unspecified atom stereocenters. The highest BCUT2D eigenvalue weighted by atomic mass is 16.5. The summed E-state index contributed by atoms with van der Waals surface area (Å²) < 4.78 is 11.1. The fourth-order valence-electron chi connectivity index (χ4n) is 2.22. The Balaban J connectivity index is 1.70. The minimum atomic E-state index is 0.684. The summed E-state index contributed by atoms with van der Waals surface area (Å²) in [5.41, 5.74) is 2.40. The number of hydrogen-bond donors (Lipinski definition) is 0. The standard InChI is InChI=1S/C16H22O2/c1-14(16-7-3-2-4-8-16)12-18-11-9-15-6-5-10-17-13-15/h2-4,7-8,12,15H,5-6,9-11,13H2,1H3/b14-12-. The van der Waals surface area contributed by atoms with Gasteiger partial charge in [0.2, 0.25) is 0 Å². The Morgan fingerprint density at radius 3 is 2.94 bits per heavy atom. The summed E-state index contributed by atoms with van der Waals surface area (Å²) in [4.78, 5) is 0. The van der Waals surface area contributed by atoms with Gasteiger partial charge in [0.05, 0.1) is 12.9 Å². The first-order valence-corrected chi connectivity index (χ1v) is 6.78. The highest BCUT2D eigenvalue weighted by Gasteiger charge is 2.13. The molecule has 1 aliphatic rings. The first-order chi connectivity index (χ1) is 8.86. The maximum atomic E-state index is 5.63. The molecule has 1 aliphatic heterocycles. The van der Waals surface area contributed by atoms with Gasteiger partial charge in [0.25, 0.3) is 0 Å². The van der Waals surface area contributed by atoms with E-state index in [9.17, 15) is 0 Å². The van der Waals surface area contributed by atoms with Crippen LogP contribution in [-0.4, -0.2) is 19.8 Å². The average Bonchev–Trinajstić information content (AvgIpc) is 2.45. The van der Waals surface area contributed by atoms with Crippen molar-refractivity contribution < 1.29 is 9.47 Å². The molecule has 0 N–H and O–H groups in total. The molecule has 0 bridgehead atoms. The second kappa shape index (κ2) is 7.22. The monoisotopic (exact) mass is 246 g/mol. The molecule has 1 atom stereocenters. The van der Waals surface area contributed by atoms with Gasteiger partial charge in [-0.15, -0.1) is 0 Å². The Morgan fingerprint density at radius 2 is 2.22 bits per heavy atom. The van der Waals surface area contributed by atoms with Crippen LogP contribution in [0.15, 0.2) is 36.6 Å². The molecule has 2 heteroatoms. The summed E-state index contributed by atoms with van der Waals surface area (Å²) in [6.07, 6.45) is 5.45. The molecule has 0 radical (unpaired) electrons. The minimum absolute atomic E-state index is 0.684. The number of ether oxygens (including phenoxy) is 2. The van der Waals surface area contributed by atoms with E-state index in [-0.39, 0.29) is 0 Å². The molecule has 98 valence electrons. The van der Waals surface area contributed by atoms with Crippen molar-refractivity contribution in [3.63, 3.8) is 0 Å². The molecule has 0 saturated carbocycles. The molecule has 1 heterocycles. The Bertz CT molecular complexity index is 364. The van der Waals surface area contributed by atoms with Gasteiger partial charge in [-0.25, -0.2) is 0 Å². The molecule has 2 rings (SSSR count). The van der Waals surface area contributed by atoms with Crippen LogP contribution in [0.1, 0.15) is 31.7 Å². The van der Waals surface area contributed by atoms with Crippen molar-refractivity contribution in [1.82, 2.24) is 0 Å². The molecule has 1 aromatic carbocycles. The fraction of sp³-hybridized carbons (Fsp3) is 0.500. The van der Waals surface area contributed by atoms with Crippen LogP contribution >= 0.6 is 0 Å². The molecule has 1 saturated heterocycles.